The highest BCUT2D eigenvalue weighted by atomic mass is 19.4. The van der Waals surface area contributed by atoms with E-state index in [1.54, 1.807) is 6.07 Å². The number of carboxylic acids is 2. The lowest BCUT2D eigenvalue weighted by atomic mass is 9.97. The Hall–Kier alpha value is -4.22. The number of aliphatic hydroxyl groups is 1. The molecule has 1 aromatic heterocycles. The van der Waals surface area contributed by atoms with Crippen LogP contribution in [0.2, 0.25) is 0 Å². The van der Waals surface area contributed by atoms with Crippen LogP contribution in [-0.4, -0.2) is 67.5 Å². The Labute approximate surface area is 215 Å². The predicted octanol–water partition coefficient (Wildman–Crippen LogP) is 4.71. The van der Waals surface area contributed by atoms with Crippen LogP contribution in [0.4, 0.5) is 13.2 Å². The van der Waals surface area contributed by atoms with E-state index in [1.165, 1.54) is 5.56 Å². The third-order valence-corrected chi connectivity index (χ3v) is 6.00. The second-order valence-electron chi connectivity index (χ2n) is 8.98. The number of imidazole rings is 1. The van der Waals surface area contributed by atoms with Crippen LogP contribution in [0.15, 0.2) is 60.7 Å². The topological polar surface area (TPSA) is 127 Å². The van der Waals surface area contributed by atoms with Gasteiger partial charge in [0.05, 0.1) is 17.2 Å². The Morgan fingerprint density at radius 2 is 1.58 bits per heavy atom. The summed E-state index contributed by atoms with van der Waals surface area (Å²) in [6.07, 6.45) is -5.28. The van der Waals surface area contributed by atoms with Gasteiger partial charge >= 0.3 is 18.1 Å². The zero-order chi connectivity index (χ0) is 27.6. The summed E-state index contributed by atoms with van der Waals surface area (Å²) in [5.41, 5.74) is 6.65. The van der Waals surface area contributed by atoms with E-state index in [-0.39, 0.29) is 11.7 Å². The van der Waals surface area contributed by atoms with Gasteiger partial charge in [0.1, 0.15) is 11.3 Å². The minimum atomic E-state index is -5.08. The number of hydrogen-bond acceptors (Lipinski definition) is 5. The van der Waals surface area contributed by atoms with Gasteiger partial charge in [-0.2, -0.15) is 13.2 Å². The maximum Gasteiger partial charge on any atom is 0.490 e. The van der Waals surface area contributed by atoms with Crippen LogP contribution < -0.4 is 0 Å². The Balaban J connectivity index is 0.000000426. The number of aromatic nitrogens is 2. The van der Waals surface area contributed by atoms with Crippen LogP contribution in [0, 0.1) is 6.92 Å². The quantitative estimate of drug-likeness (QED) is 0.296. The lowest BCUT2D eigenvalue weighted by Crippen LogP contribution is -2.49. The molecule has 2 heterocycles. The molecular formula is C27H24F3N3O5. The second-order valence-corrected chi connectivity index (χ2v) is 8.98. The van der Waals surface area contributed by atoms with Crippen molar-refractivity contribution in [3.8, 4) is 22.3 Å². The SMILES string of the molecule is Cc1nc2c(C(=O)O)cc(-c3ccc(-c4cccc(CN5CC(O)C5)c4)cc3)cc2[nH]1.O=C(O)C(F)(F)F. The van der Waals surface area contributed by atoms with E-state index >= 15 is 0 Å². The minimum absolute atomic E-state index is 0.192. The Morgan fingerprint density at radius 1 is 0.974 bits per heavy atom. The van der Waals surface area contributed by atoms with E-state index in [0.717, 1.165) is 47.4 Å². The number of H-pyrrole nitrogens is 1. The lowest BCUT2D eigenvalue weighted by Gasteiger charge is -2.35. The van der Waals surface area contributed by atoms with Crippen LogP contribution in [0.1, 0.15) is 21.7 Å². The van der Waals surface area contributed by atoms with E-state index < -0.39 is 18.1 Å². The van der Waals surface area contributed by atoms with Crippen molar-refractivity contribution in [2.45, 2.75) is 25.7 Å². The molecule has 4 aromatic rings. The largest absolute Gasteiger partial charge is 0.490 e. The van der Waals surface area contributed by atoms with Crippen molar-refractivity contribution in [2.75, 3.05) is 13.1 Å². The fourth-order valence-electron chi connectivity index (χ4n) is 4.20. The van der Waals surface area contributed by atoms with Crippen LogP contribution in [0.5, 0.6) is 0 Å². The molecule has 1 saturated heterocycles. The molecule has 38 heavy (non-hydrogen) atoms. The zero-order valence-electron chi connectivity index (χ0n) is 20.2. The average Bonchev–Trinajstić information content (AvgIpc) is 3.22. The number of benzene rings is 3. The third-order valence-electron chi connectivity index (χ3n) is 6.00. The van der Waals surface area contributed by atoms with Crippen molar-refractivity contribution >= 4 is 23.0 Å². The minimum Gasteiger partial charge on any atom is -0.478 e. The fraction of sp³-hybridized carbons (Fsp3) is 0.222. The number of nitrogens with one attached hydrogen (secondary N) is 1. The predicted molar refractivity (Wildman–Crippen MR) is 134 cm³/mol. The number of β-amino-alcohol motifs (C(OH)–C–C–N with tert-alkyl or cyclic N) is 1. The molecule has 8 nitrogen and oxygen atoms in total. The first-order chi connectivity index (χ1) is 17.9. The summed E-state index contributed by atoms with van der Waals surface area (Å²) in [7, 11) is 0. The number of carbonyl (C=O) groups is 2. The number of hydrogen-bond donors (Lipinski definition) is 4. The smallest absolute Gasteiger partial charge is 0.478 e. The molecule has 1 fully saturated rings. The molecule has 4 N–H and O–H groups in total. The van der Waals surface area contributed by atoms with E-state index in [0.29, 0.717) is 11.3 Å². The third kappa shape index (κ3) is 6.18. The summed E-state index contributed by atoms with van der Waals surface area (Å²) in [6.45, 7) is 4.12. The van der Waals surface area contributed by atoms with Crippen LogP contribution >= 0.6 is 0 Å². The highest BCUT2D eigenvalue weighted by Crippen LogP contribution is 2.30. The van der Waals surface area contributed by atoms with Gasteiger partial charge in [0.2, 0.25) is 0 Å². The van der Waals surface area contributed by atoms with Crippen molar-refractivity contribution < 1.29 is 38.1 Å². The highest BCUT2D eigenvalue weighted by molar-refractivity contribution is 6.03. The van der Waals surface area contributed by atoms with Crippen LogP contribution in [0.25, 0.3) is 33.3 Å². The number of aliphatic carboxylic acids is 1. The van der Waals surface area contributed by atoms with Crippen molar-refractivity contribution in [3.63, 3.8) is 0 Å². The molecular weight excluding hydrogens is 503 g/mol. The molecule has 0 amide bonds. The van der Waals surface area contributed by atoms with Gasteiger partial charge < -0.3 is 20.3 Å². The molecule has 0 bridgehead atoms. The normalized spacial score (nSPS) is 14.0. The van der Waals surface area contributed by atoms with Gasteiger partial charge in [0.15, 0.2) is 0 Å². The number of halogens is 3. The number of likely N-dealkylation sites (tertiary alicyclic amines) is 1. The molecule has 0 unspecified atom stereocenters. The first-order valence-electron chi connectivity index (χ1n) is 11.5. The molecule has 0 saturated carbocycles. The number of aryl methyl sites for hydroxylation is 1. The van der Waals surface area contributed by atoms with Gasteiger partial charge in [-0.1, -0.05) is 42.5 Å². The van der Waals surface area contributed by atoms with Crippen molar-refractivity contribution in [1.82, 2.24) is 14.9 Å². The van der Waals surface area contributed by atoms with Crippen molar-refractivity contribution in [2.24, 2.45) is 0 Å². The number of aromatic amines is 1. The number of fused-ring (bicyclic) bond motifs is 1. The number of nitrogens with zero attached hydrogens (tertiary/aromatic N) is 2. The van der Waals surface area contributed by atoms with Crippen LogP contribution in [0.3, 0.4) is 0 Å². The van der Waals surface area contributed by atoms with Gasteiger partial charge in [-0.3, -0.25) is 4.90 Å². The molecule has 5 rings (SSSR count). The summed E-state index contributed by atoms with van der Waals surface area (Å²) in [5.74, 6) is -3.05. The molecule has 3 aromatic carbocycles. The number of alkyl halides is 3. The highest BCUT2D eigenvalue weighted by Gasteiger charge is 2.38. The van der Waals surface area contributed by atoms with Gasteiger partial charge in [0, 0.05) is 19.6 Å². The summed E-state index contributed by atoms with van der Waals surface area (Å²) >= 11 is 0. The Kier molecular flexibility index (Phi) is 7.51. The number of rotatable bonds is 5. The van der Waals surface area contributed by atoms with E-state index in [9.17, 15) is 28.2 Å². The van der Waals surface area contributed by atoms with Crippen molar-refractivity contribution in [1.29, 1.82) is 0 Å². The van der Waals surface area contributed by atoms with Gasteiger partial charge in [0.25, 0.3) is 0 Å². The van der Waals surface area contributed by atoms with E-state index in [1.807, 2.05) is 25.1 Å². The van der Waals surface area contributed by atoms with Gasteiger partial charge in [-0.15, -0.1) is 0 Å². The molecule has 0 radical (unpaired) electrons. The fourth-order valence-corrected chi connectivity index (χ4v) is 4.20. The molecule has 11 heteroatoms. The van der Waals surface area contributed by atoms with E-state index in [4.69, 9.17) is 9.90 Å². The molecule has 0 spiro atoms. The average molecular weight is 527 g/mol. The summed E-state index contributed by atoms with van der Waals surface area (Å²) in [6, 6.07) is 20.2. The summed E-state index contributed by atoms with van der Waals surface area (Å²) in [5, 5.41) is 26.2. The Bertz CT molecular complexity index is 1480. The maximum atomic E-state index is 11.7. The first-order valence-corrected chi connectivity index (χ1v) is 11.5. The van der Waals surface area contributed by atoms with Gasteiger partial charge in [-0.25, -0.2) is 14.6 Å². The summed E-state index contributed by atoms with van der Waals surface area (Å²) < 4.78 is 31.7. The number of aromatic carboxylic acids is 1. The van der Waals surface area contributed by atoms with Gasteiger partial charge in [-0.05, 0) is 52.9 Å². The van der Waals surface area contributed by atoms with Crippen LogP contribution in [-0.2, 0) is 11.3 Å². The molecule has 0 aliphatic carbocycles. The number of carboxylic acid groups (broad SMARTS) is 2. The second kappa shape index (κ2) is 10.6. The van der Waals surface area contributed by atoms with Crippen molar-refractivity contribution in [3.05, 3.63) is 77.6 Å². The lowest BCUT2D eigenvalue weighted by molar-refractivity contribution is -0.192. The number of aliphatic hydroxyl groups excluding tert-OH is 1. The first kappa shape index (κ1) is 26.8. The molecule has 1 aliphatic heterocycles. The molecule has 198 valence electrons. The monoisotopic (exact) mass is 527 g/mol. The molecule has 0 atom stereocenters. The zero-order valence-corrected chi connectivity index (χ0v) is 20.2. The maximum absolute atomic E-state index is 11.7. The molecule has 1 aliphatic rings. The Morgan fingerprint density at radius 3 is 2.13 bits per heavy atom. The standard InChI is InChI=1S/C25H23N3O3.C2HF3O2/c1-15-26-23-11-20(10-22(25(30)31)24(23)27-15)18-7-5-17(6-8-18)19-4-2-3-16(9-19)12-28-13-21(29)14-28;3-2(4,5)1(6)7/h2-11,21,29H,12-14H2,1H3,(H,26,27)(H,30,31);(H,6,7). The van der Waals surface area contributed by atoms with E-state index in [2.05, 4.69) is 51.3 Å². The summed E-state index contributed by atoms with van der Waals surface area (Å²) in [4.78, 5) is 30.3.